The third kappa shape index (κ3) is 6.20. The predicted molar refractivity (Wildman–Crippen MR) is 151 cm³/mol. The first-order valence-corrected chi connectivity index (χ1v) is 13.8. The number of aliphatic hydroxyl groups excluding tert-OH is 2. The SMILES string of the molecule is CC1O[C@H]2CN(c3ccn(Cc4ccccc4)n3)C[C@H]2O1.O[C@@H]1CN(c2ccn(Cc3ccccc3)n2)C[C@@H]1O. The average molecular weight is 545 g/mol. The summed E-state index contributed by atoms with van der Waals surface area (Å²) in [7, 11) is 0. The molecule has 0 bridgehead atoms. The summed E-state index contributed by atoms with van der Waals surface area (Å²) in [6.45, 7) is 6.06. The van der Waals surface area contributed by atoms with E-state index < -0.39 is 12.2 Å². The number of nitrogens with zero attached hydrogens (tertiary/aromatic N) is 6. The molecular formula is C30H36N6O4. The van der Waals surface area contributed by atoms with E-state index in [-0.39, 0.29) is 18.5 Å². The van der Waals surface area contributed by atoms with Crippen LogP contribution in [0.25, 0.3) is 0 Å². The first kappa shape index (κ1) is 26.5. The Hall–Kier alpha value is -3.70. The summed E-state index contributed by atoms with van der Waals surface area (Å²) in [6, 6.07) is 24.5. The van der Waals surface area contributed by atoms with Crippen molar-refractivity contribution in [3.05, 3.63) is 96.3 Å². The van der Waals surface area contributed by atoms with Crippen molar-refractivity contribution in [3.63, 3.8) is 0 Å². The monoisotopic (exact) mass is 544 g/mol. The van der Waals surface area contributed by atoms with Crippen molar-refractivity contribution in [3.8, 4) is 0 Å². The highest BCUT2D eigenvalue weighted by Gasteiger charge is 2.42. The van der Waals surface area contributed by atoms with E-state index in [0.29, 0.717) is 13.1 Å². The normalized spacial score (nSPS) is 25.6. The molecule has 0 spiro atoms. The minimum Gasteiger partial charge on any atom is -0.389 e. The molecule has 0 radical (unpaired) electrons. The Bertz CT molecular complexity index is 1340. The first-order valence-electron chi connectivity index (χ1n) is 13.8. The lowest BCUT2D eigenvalue weighted by Gasteiger charge is -2.17. The Morgan fingerprint density at radius 3 is 1.52 bits per heavy atom. The standard InChI is InChI=1S/C16H19N3O2.C14H17N3O2/c1-12-20-14-10-18(11-15(14)21-12)16-7-8-19(17-16)9-13-5-3-2-4-6-13;18-12-9-16(10-13(12)19)14-6-7-17(15-14)8-11-4-2-1-3-5-11/h2-8,12,14-15H,9-11H2,1H3;1-7,12-13,18-19H,8-10H2/t12?,14-,15+;12-,13+. The largest absolute Gasteiger partial charge is 0.389 e. The summed E-state index contributed by atoms with van der Waals surface area (Å²) in [5, 5.41) is 28.2. The first-order chi connectivity index (χ1) is 19.5. The summed E-state index contributed by atoms with van der Waals surface area (Å²) in [5.41, 5.74) is 2.45. The van der Waals surface area contributed by atoms with Crippen LogP contribution in [-0.4, -0.2) is 86.7 Å². The number of β-amino-alcohol motifs (C(OH)–C–C–N with tert-alkyl or cyclic N) is 2. The van der Waals surface area contributed by atoms with Crippen molar-refractivity contribution in [1.82, 2.24) is 19.6 Å². The molecule has 4 aromatic rings. The van der Waals surface area contributed by atoms with Gasteiger partial charge in [0.15, 0.2) is 17.9 Å². The van der Waals surface area contributed by atoms with E-state index >= 15 is 0 Å². The summed E-state index contributed by atoms with van der Waals surface area (Å²) >= 11 is 0. The fourth-order valence-electron chi connectivity index (χ4n) is 5.43. The lowest BCUT2D eigenvalue weighted by molar-refractivity contribution is -0.0530. The molecule has 3 aliphatic rings. The molecule has 5 heterocycles. The molecule has 7 rings (SSSR count). The van der Waals surface area contributed by atoms with Crippen LogP contribution in [0, 0.1) is 0 Å². The van der Waals surface area contributed by atoms with Crippen molar-refractivity contribution >= 4 is 11.6 Å². The fraction of sp³-hybridized carbons (Fsp3) is 0.400. The second-order valence-electron chi connectivity index (χ2n) is 10.6. The van der Waals surface area contributed by atoms with E-state index in [1.54, 1.807) is 0 Å². The Labute approximate surface area is 234 Å². The zero-order chi connectivity index (χ0) is 27.5. The topological polar surface area (TPSA) is 101 Å². The van der Waals surface area contributed by atoms with Gasteiger partial charge in [-0.1, -0.05) is 60.7 Å². The van der Waals surface area contributed by atoms with Gasteiger partial charge in [-0.2, -0.15) is 10.2 Å². The van der Waals surface area contributed by atoms with Crippen molar-refractivity contribution in [2.45, 2.75) is 50.7 Å². The van der Waals surface area contributed by atoms with Gasteiger partial charge in [-0.25, -0.2) is 0 Å². The number of hydrogen-bond donors (Lipinski definition) is 2. The quantitative estimate of drug-likeness (QED) is 0.382. The minimum atomic E-state index is -0.681. The van der Waals surface area contributed by atoms with Crippen molar-refractivity contribution < 1.29 is 19.7 Å². The van der Waals surface area contributed by atoms with Crippen LogP contribution in [-0.2, 0) is 22.6 Å². The van der Waals surface area contributed by atoms with Gasteiger partial charge in [-0.05, 0) is 18.1 Å². The molecule has 2 aromatic carbocycles. The highest BCUT2D eigenvalue weighted by atomic mass is 16.7. The lowest BCUT2D eigenvalue weighted by atomic mass is 10.2. The zero-order valence-electron chi connectivity index (χ0n) is 22.6. The smallest absolute Gasteiger partial charge is 0.155 e. The van der Waals surface area contributed by atoms with Gasteiger partial charge >= 0.3 is 0 Å². The molecule has 40 heavy (non-hydrogen) atoms. The molecule has 2 aromatic heterocycles. The van der Waals surface area contributed by atoms with Crippen LogP contribution >= 0.6 is 0 Å². The number of ether oxygens (including phenoxy) is 2. The molecule has 3 aliphatic heterocycles. The van der Waals surface area contributed by atoms with E-state index in [4.69, 9.17) is 9.47 Å². The Kier molecular flexibility index (Phi) is 7.83. The summed E-state index contributed by atoms with van der Waals surface area (Å²) in [4.78, 5) is 4.14. The molecule has 5 atom stereocenters. The number of aliphatic hydroxyl groups is 2. The molecule has 0 aliphatic carbocycles. The summed E-state index contributed by atoms with van der Waals surface area (Å²) in [5.74, 6) is 1.80. The molecule has 3 saturated heterocycles. The Morgan fingerprint density at radius 2 is 1.07 bits per heavy atom. The second-order valence-corrected chi connectivity index (χ2v) is 10.6. The van der Waals surface area contributed by atoms with E-state index in [0.717, 1.165) is 37.8 Å². The molecular weight excluding hydrogens is 508 g/mol. The van der Waals surface area contributed by atoms with Crippen LogP contribution in [0.15, 0.2) is 85.2 Å². The van der Waals surface area contributed by atoms with Gasteiger partial charge in [0.05, 0.1) is 25.3 Å². The number of rotatable bonds is 6. The zero-order valence-corrected chi connectivity index (χ0v) is 22.6. The number of benzene rings is 2. The average Bonchev–Trinajstić information content (AvgIpc) is 3.77. The highest BCUT2D eigenvalue weighted by Crippen LogP contribution is 2.29. The summed E-state index contributed by atoms with van der Waals surface area (Å²) in [6.07, 6.45) is 2.87. The third-order valence-corrected chi connectivity index (χ3v) is 7.48. The maximum atomic E-state index is 9.55. The van der Waals surface area contributed by atoms with E-state index in [9.17, 15) is 10.2 Å². The molecule has 2 N–H and O–H groups in total. The van der Waals surface area contributed by atoms with E-state index in [1.807, 2.05) is 63.9 Å². The van der Waals surface area contributed by atoms with Gasteiger partial charge in [-0.15, -0.1) is 0 Å². The Morgan fingerprint density at radius 1 is 0.650 bits per heavy atom. The highest BCUT2D eigenvalue weighted by molar-refractivity contribution is 5.40. The molecule has 10 nitrogen and oxygen atoms in total. The van der Waals surface area contributed by atoms with Crippen LogP contribution in [0.5, 0.6) is 0 Å². The van der Waals surface area contributed by atoms with Crippen molar-refractivity contribution in [2.24, 2.45) is 0 Å². The maximum absolute atomic E-state index is 9.55. The molecule has 10 heteroatoms. The number of aromatic nitrogens is 4. The molecule has 0 amide bonds. The van der Waals surface area contributed by atoms with Gasteiger partial charge in [-0.3, -0.25) is 9.36 Å². The number of hydrogen-bond acceptors (Lipinski definition) is 8. The van der Waals surface area contributed by atoms with Gasteiger partial charge in [0.1, 0.15) is 12.2 Å². The molecule has 210 valence electrons. The number of fused-ring (bicyclic) bond motifs is 1. The van der Waals surface area contributed by atoms with Crippen LogP contribution in [0.4, 0.5) is 11.6 Å². The maximum Gasteiger partial charge on any atom is 0.155 e. The molecule has 3 fully saturated rings. The molecule has 1 unspecified atom stereocenters. The number of anilines is 2. The van der Waals surface area contributed by atoms with Crippen LogP contribution < -0.4 is 9.80 Å². The van der Waals surface area contributed by atoms with Gasteiger partial charge in [0.25, 0.3) is 0 Å². The third-order valence-electron chi connectivity index (χ3n) is 7.48. The Balaban J connectivity index is 0.000000145. The predicted octanol–water partition coefficient (Wildman–Crippen LogP) is 2.35. The fourth-order valence-corrected chi connectivity index (χ4v) is 5.43. The minimum absolute atomic E-state index is 0.0715. The van der Waals surface area contributed by atoms with Gasteiger partial charge in [0.2, 0.25) is 0 Å². The van der Waals surface area contributed by atoms with Crippen molar-refractivity contribution in [2.75, 3.05) is 36.0 Å². The van der Waals surface area contributed by atoms with Crippen LogP contribution in [0.1, 0.15) is 18.1 Å². The van der Waals surface area contributed by atoms with E-state index in [2.05, 4.69) is 57.6 Å². The van der Waals surface area contributed by atoms with Crippen LogP contribution in [0.2, 0.25) is 0 Å². The van der Waals surface area contributed by atoms with Gasteiger partial charge in [0, 0.05) is 50.7 Å². The molecule has 0 saturated carbocycles. The van der Waals surface area contributed by atoms with Crippen molar-refractivity contribution in [1.29, 1.82) is 0 Å². The van der Waals surface area contributed by atoms with Crippen LogP contribution in [0.3, 0.4) is 0 Å². The second kappa shape index (κ2) is 11.8. The lowest BCUT2D eigenvalue weighted by Crippen LogP contribution is -2.25. The van der Waals surface area contributed by atoms with Gasteiger partial charge < -0.3 is 29.5 Å². The van der Waals surface area contributed by atoms with E-state index in [1.165, 1.54) is 11.1 Å². The summed E-state index contributed by atoms with van der Waals surface area (Å²) < 4.78 is 15.3.